The van der Waals surface area contributed by atoms with E-state index in [1.54, 1.807) is 12.5 Å². The van der Waals surface area contributed by atoms with E-state index in [0.29, 0.717) is 19.5 Å². The maximum Gasteiger partial charge on any atom is 0.328 e. The number of imidazole rings is 1. The normalized spacial score (nSPS) is 18.2. The average molecular weight is 295 g/mol. The van der Waals surface area contributed by atoms with Gasteiger partial charge in [-0.25, -0.2) is 14.6 Å². The SMILES string of the molecule is O=C1CN(C(=O)NCCCn2ccnc2)C(C(=O)O)CN1. The van der Waals surface area contributed by atoms with E-state index in [1.165, 1.54) is 0 Å². The number of carboxylic acid groups (broad SMARTS) is 1. The van der Waals surface area contributed by atoms with Crippen LogP contribution in [-0.4, -0.2) is 63.1 Å². The van der Waals surface area contributed by atoms with Crippen LogP contribution in [0.5, 0.6) is 0 Å². The van der Waals surface area contributed by atoms with Crippen molar-refractivity contribution in [1.29, 1.82) is 0 Å². The molecular weight excluding hydrogens is 278 g/mol. The quantitative estimate of drug-likeness (QED) is 0.594. The minimum Gasteiger partial charge on any atom is -0.480 e. The summed E-state index contributed by atoms with van der Waals surface area (Å²) in [4.78, 5) is 39.3. The zero-order chi connectivity index (χ0) is 15.2. The highest BCUT2D eigenvalue weighted by Gasteiger charge is 2.34. The zero-order valence-electron chi connectivity index (χ0n) is 11.4. The Morgan fingerprint density at radius 1 is 1.52 bits per heavy atom. The Hall–Kier alpha value is -2.58. The van der Waals surface area contributed by atoms with Crippen LogP contribution < -0.4 is 10.6 Å². The molecular formula is C12H17N5O4. The molecule has 9 nitrogen and oxygen atoms in total. The number of aryl methyl sites for hydroxylation is 1. The number of nitrogens with one attached hydrogen (secondary N) is 2. The van der Waals surface area contributed by atoms with Crippen molar-refractivity contribution in [3.8, 4) is 0 Å². The highest BCUT2D eigenvalue weighted by molar-refractivity contribution is 5.90. The Labute approximate surface area is 120 Å². The van der Waals surface area contributed by atoms with Gasteiger partial charge < -0.3 is 20.3 Å². The third kappa shape index (κ3) is 3.94. The molecule has 0 radical (unpaired) electrons. The summed E-state index contributed by atoms with van der Waals surface area (Å²) < 4.78 is 1.88. The van der Waals surface area contributed by atoms with Gasteiger partial charge in [-0.1, -0.05) is 0 Å². The lowest BCUT2D eigenvalue weighted by Gasteiger charge is -2.32. The van der Waals surface area contributed by atoms with Crippen molar-refractivity contribution in [2.24, 2.45) is 0 Å². The smallest absolute Gasteiger partial charge is 0.328 e. The maximum absolute atomic E-state index is 12.0. The molecule has 1 aliphatic heterocycles. The van der Waals surface area contributed by atoms with E-state index in [1.807, 2.05) is 10.8 Å². The second-order valence-corrected chi connectivity index (χ2v) is 4.67. The van der Waals surface area contributed by atoms with Gasteiger partial charge in [0.05, 0.1) is 6.33 Å². The van der Waals surface area contributed by atoms with E-state index >= 15 is 0 Å². The van der Waals surface area contributed by atoms with Crippen LogP contribution in [0.15, 0.2) is 18.7 Å². The largest absolute Gasteiger partial charge is 0.480 e. The van der Waals surface area contributed by atoms with E-state index in [0.717, 1.165) is 4.90 Å². The Morgan fingerprint density at radius 3 is 3.00 bits per heavy atom. The molecule has 0 aromatic carbocycles. The number of aromatic nitrogens is 2. The first kappa shape index (κ1) is 14.8. The second kappa shape index (κ2) is 6.73. The lowest BCUT2D eigenvalue weighted by molar-refractivity contribution is -0.144. The molecule has 3 amide bonds. The van der Waals surface area contributed by atoms with E-state index in [-0.39, 0.29) is 19.0 Å². The molecule has 0 spiro atoms. The van der Waals surface area contributed by atoms with E-state index < -0.39 is 18.0 Å². The number of piperazine rings is 1. The number of hydrogen-bond donors (Lipinski definition) is 3. The van der Waals surface area contributed by atoms with E-state index in [9.17, 15) is 14.4 Å². The zero-order valence-corrected chi connectivity index (χ0v) is 11.4. The molecule has 1 saturated heterocycles. The summed E-state index contributed by atoms with van der Waals surface area (Å²) >= 11 is 0. The molecule has 1 atom stereocenters. The fourth-order valence-corrected chi connectivity index (χ4v) is 2.05. The van der Waals surface area contributed by atoms with Gasteiger partial charge in [-0.2, -0.15) is 0 Å². The lowest BCUT2D eigenvalue weighted by atomic mass is 10.2. The van der Waals surface area contributed by atoms with Crippen LogP contribution in [0.4, 0.5) is 4.79 Å². The number of carbonyl (C=O) groups excluding carboxylic acids is 2. The topological polar surface area (TPSA) is 117 Å². The number of nitrogens with zero attached hydrogens (tertiary/aromatic N) is 3. The summed E-state index contributed by atoms with van der Waals surface area (Å²) in [6.07, 6.45) is 5.84. The first-order valence-electron chi connectivity index (χ1n) is 6.57. The van der Waals surface area contributed by atoms with Gasteiger partial charge >= 0.3 is 12.0 Å². The van der Waals surface area contributed by atoms with Crippen LogP contribution in [0.3, 0.4) is 0 Å². The average Bonchev–Trinajstić information content (AvgIpc) is 2.96. The fourth-order valence-electron chi connectivity index (χ4n) is 2.05. The van der Waals surface area contributed by atoms with Crippen molar-refractivity contribution >= 4 is 17.9 Å². The molecule has 0 aliphatic carbocycles. The Morgan fingerprint density at radius 2 is 2.33 bits per heavy atom. The summed E-state index contributed by atoms with van der Waals surface area (Å²) in [5, 5.41) is 14.1. The van der Waals surface area contributed by atoms with Crippen LogP contribution >= 0.6 is 0 Å². The maximum atomic E-state index is 12.0. The van der Waals surface area contributed by atoms with Gasteiger partial charge in [-0.3, -0.25) is 9.69 Å². The van der Waals surface area contributed by atoms with Crippen LogP contribution in [-0.2, 0) is 16.1 Å². The van der Waals surface area contributed by atoms with Crippen LogP contribution in [0.25, 0.3) is 0 Å². The van der Waals surface area contributed by atoms with Crippen molar-refractivity contribution in [1.82, 2.24) is 25.1 Å². The third-order valence-corrected chi connectivity index (χ3v) is 3.16. The van der Waals surface area contributed by atoms with Gasteiger partial charge in [0.25, 0.3) is 0 Å². The number of rotatable bonds is 5. The molecule has 1 fully saturated rings. The molecule has 2 rings (SSSR count). The van der Waals surface area contributed by atoms with Gasteiger partial charge in [0.2, 0.25) is 5.91 Å². The molecule has 1 unspecified atom stereocenters. The van der Waals surface area contributed by atoms with Gasteiger partial charge in [0.1, 0.15) is 12.6 Å². The van der Waals surface area contributed by atoms with Gasteiger partial charge in [-0.15, -0.1) is 0 Å². The summed E-state index contributed by atoms with van der Waals surface area (Å²) in [6.45, 7) is 0.769. The summed E-state index contributed by atoms with van der Waals surface area (Å²) in [5.41, 5.74) is 0. The molecule has 21 heavy (non-hydrogen) atoms. The molecule has 1 aromatic heterocycles. The van der Waals surface area contributed by atoms with Gasteiger partial charge in [-0.05, 0) is 6.42 Å². The third-order valence-electron chi connectivity index (χ3n) is 3.16. The number of aliphatic carboxylic acids is 1. The Kier molecular flexibility index (Phi) is 4.75. The van der Waals surface area contributed by atoms with Gasteiger partial charge in [0, 0.05) is 32.0 Å². The summed E-state index contributed by atoms with van der Waals surface area (Å²) in [5.74, 6) is -1.50. The predicted octanol–water partition coefficient (Wildman–Crippen LogP) is -1.13. The fraction of sp³-hybridized carbons (Fsp3) is 0.500. The summed E-state index contributed by atoms with van der Waals surface area (Å²) in [7, 11) is 0. The van der Waals surface area contributed by atoms with Crippen LogP contribution in [0, 0.1) is 0 Å². The Balaban J connectivity index is 1.80. The number of amides is 3. The molecule has 2 heterocycles. The van der Waals surface area contributed by atoms with Crippen LogP contribution in [0.1, 0.15) is 6.42 Å². The first-order valence-corrected chi connectivity index (χ1v) is 6.57. The van der Waals surface area contributed by atoms with Crippen molar-refractivity contribution in [2.75, 3.05) is 19.6 Å². The molecule has 3 N–H and O–H groups in total. The molecule has 1 aromatic rings. The number of carbonyl (C=O) groups is 3. The second-order valence-electron chi connectivity index (χ2n) is 4.67. The summed E-state index contributed by atoms with van der Waals surface area (Å²) in [6, 6.07) is -1.57. The number of urea groups is 1. The van der Waals surface area contributed by atoms with E-state index in [2.05, 4.69) is 15.6 Å². The van der Waals surface area contributed by atoms with Crippen molar-refractivity contribution in [3.63, 3.8) is 0 Å². The first-order chi connectivity index (χ1) is 10.1. The number of carboxylic acids is 1. The lowest BCUT2D eigenvalue weighted by Crippen LogP contribution is -2.61. The van der Waals surface area contributed by atoms with Crippen molar-refractivity contribution in [2.45, 2.75) is 19.0 Å². The van der Waals surface area contributed by atoms with Crippen molar-refractivity contribution < 1.29 is 19.5 Å². The van der Waals surface area contributed by atoms with E-state index in [4.69, 9.17) is 5.11 Å². The minimum absolute atomic E-state index is 0.0728. The van der Waals surface area contributed by atoms with Gasteiger partial charge in [0.15, 0.2) is 0 Å². The highest BCUT2D eigenvalue weighted by atomic mass is 16.4. The molecule has 0 saturated carbocycles. The van der Waals surface area contributed by atoms with Crippen LogP contribution in [0.2, 0.25) is 0 Å². The standard InChI is InChI=1S/C12H17N5O4/c18-10-7-17(9(6-15-10)11(19)20)12(21)14-2-1-4-16-5-3-13-8-16/h3,5,8-9H,1-2,4,6-7H2,(H,14,21)(H,15,18)(H,19,20). The highest BCUT2D eigenvalue weighted by Crippen LogP contribution is 2.05. The van der Waals surface area contributed by atoms with Crippen molar-refractivity contribution in [3.05, 3.63) is 18.7 Å². The molecule has 0 bridgehead atoms. The number of hydrogen-bond acceptors (Lipinski definition) is 4. The minimum atomic E-state index is -1.14. The predicted molar refractivity (Wildman–Crippen MR) is 71.4 cm³/mol. The Bertz CT molecular complexity index is 516. The monoisotopic (exact) mass is 295 g/mol. The molecule has 1 aliphatic rings. The molecule has 9 heteroatoms. The molecule has 114 valence electrons.